The highest BCUT2D eigenvalue weighted by atomic mass is 79.9. The van der Waals surface area contributed by atoms with Gasteiger partial charge in [0.2, 0.25) is 0 Å². The molecule has 102 valence electrons. The van der Waals surface area contributed by atoms with Gasteiger partial charge in [-0.05, 0) is 56.1 Å². The zero-order valence-electron chi connectivity index (χ0n) is 10.3. The molecule has 0 aromatic heterocycles. The van der Waals surface area contributed by atoms with Crippen LogP contribution in [-0.4, -0.2) is 7.11 Å². The van der Waals surface area contributed by atoms with Crippen molar-refractivity contribution >= 4 is 43.5 Å². The standard InChI is InChI=1S/C14H8Br2ClNO2/c1-19-13-5-10(16)14(6-9(13)15)20-12-4-2-3-11(17)8(12)7-18/h2-6H,1H3. The van der Waals surface area contributed by atoms with Gasteiger partial charge in [0.05, 0.1) is 21.1 Å². The van der Waals surface area contributed by atoms with Gasteiger partial charge in [-0.25, -0.2) is 0 Å². The summed E-state index contributed by atoms with van der Waals surface area (Å²) in [5.41, 5.74) is 0.299. The van der Waals surface area contributed by atoms with E-state index < -0.39 is 0 Å². The van der Waals surface area contributed by atoms with Gasteiger partial charge >= 0.3 is 0 Å². The molecule has 2 rings (SSSR count). The molecule has 0 aliphatic carbocycles. The minimum absolute atomic E-state index is 0.299. The van der Waals surface area contributed by atoms with Crippen LogP contribution < -0.4 is 9.47 Å². The molecule has 0 atom stereocenters. The Labute approximate surface area is 138 Å². The van der Waals surface area contributed by atoms with Gasteiger partial charge in [0, 0.05) is 0 Å². The Hall–Kier alpha value is -1.22. The molecule has 2 aromatic rings. The fourth-order valence-corrected chi connectivity index (χ4v) is 2.66. The van der Waals surface area contributed by atoms with Crippen LogP contribution in [0.4, 0.5) is 0 Å². The van der Waals surface area contributed by atoms with Crippen LogP contribution in [0, 0.1) is 11.3 Å². The summed E-state index contributed by atoms with van der Waals surface area (Å²) in [4.78, 5) is 0. The summed E-state index contributed by atoms with van der Waals surface area (Å²) in [5.74, 6) is 1.63. The lowest BCUT2D eigenvalue weighted by atomic mass is 10.2. The average molecular weight is 417 g/mol. The Morgan fingerprint density at radius 2 is 1.75 bits per heavy atom. The van der Waals surface area contributed by atoms with Gasteiger partial charge in [-0.3, -0.25) is 0 Å². The molecule has 0 fully saturated rings. The molecular weight excluding hydrogens is 409 g/mol. The summed E-state index contributed by atoms with van der Waals surface area (Å²) < 4.78 is 12.4. The highest BCUT2D eigenvalue weighted by molar-refractivity contribution is 9.11. The third-order valence-electron chi connectivity index (χ3n) is 2.51. The van der Waals surface area contributed by atoms with E-state index in [1.807, 2.05) is 6.07 Å². The molecule has 20 heavy (non-hydrogen) atoms. The molecule has 0 saturated heterocycles. The van der Waals surface area contributed by atoms with Crippen LogP contribution in [0.3, 0.4) is 0 Å². The first-order chi connectivity index (χ1) is 9.56. The maximum Gasteiger partial charge on any atom is 0.146 e. The van der Waals surface area contributed by atoms with Gasteiger partial charge in [0.15, 0.2) is 0 Å². The van der Waals surface area contributed by atoms with Crippen LogP contribution in [0.15, 0.2) is 39.3 Å². The van der Waals surface area contributed by atoms with E-state index in [4.69, 9.17) is 26.3 Å². The molecule has 0 saturated carbocycles. The first kappa shape index (κ1) is 15.2. The van der Waals surface area contributed by atoms with Gasteiger partial charge < -0.3 is 9.47 Å². The van der Waals surface area contributed by atoms with Crippen molar-refractivity contribution in [3.8, 4) is 23.3 Å². The number of rotatable bonds is 3. The second kappa shape index (κ2) is 6.49. The number of halogens is 3. The smallest absolute Gasteiger partial charge is 0.146 e. The molecule has 0 aliphatic rings. The number of ether oxygens (including phenoxy) is 2. The van der Waals surface area contributed by atoms with Crippen molar-refractivity contribution in [2.75, 3.05) is 7.11 Å². The van der Waals surface area contributed by atoms with E-state index >= 15 is 0 Å². The second-order valence-corrected chi connectivity index (χ2v) is 5.86. The van der Waals surface area contributed by atoms with Gasteiger partial charge in [0.1, 0.15) is 28.9 Å². The molecule has 3 nitrogen and oxygen atoms in total. The Morgan fingerprint density at radius 3 is 2.40 bits per heavy atom. The van der Waals surface area contributed by atoms with Gasteiger partial charge in [-0.2, -0.15) is 5.26 Å². The van der Waals surface area contributed by atoms with E-state index in [1.165, 1.54) is 0 Å². The fraction of sp³-hybridized carbons (Fsp3) is 0.0714. The maximum absolute atomic E-state index is 9.13. The zero-order valence-corrected chi connectivity index (χ0v) is 14.2. The molecule has 2 aromatic carbocycles. The number of hydrogen-bond donors (Lipinski definition) is 0. The highest BCUT2D eigenvalue weighted by Gasteiger charge is 2.13. The van der Waals surface area contributed by atoms with E-state index in [0.29, 0.717) is 32.3 Å². The van der Waals surface area contributed by atoms with Crippen LogP contribution in [0.25, 0.3) is 0 Å². The van der Waals surface area contributed by atoms with Crippen molar-refractivity contribution in [1.82, 2.24) is 0 Å². The van der Waals surface area contributed by atoms with Gasteiger partial charge in [0.25, 0.3) is 0 Å². The SMILES string of the molecule is COc1cc(Br)c(Oc2cccc(Cl)c2C#N)cc1Br. The molecule has 0 radical (unpaired) electrons. The van der Waals surface area contributed by atoms with Crippen molar-refractivity contribution in [1.29, 1.82) is 5.26 Å². The van der Waals surface area contributed by atoms with Gasteiger partial charge in [-0.15, -0.1) is 0 Å². The largest absolute Gasteiger partial charge is 0.496 e. The summed E-state index contributed by atoms with van der Waals surface area (Å²) in [7, 11) is 1.58. The molecule has 6 heteroatoms. The predicted molar refractivity (Wildman–Crippen MR) is 84.6 cm³/mol. The third-order valence-corrected chi connectivity index (χ3v) is 4.07. The molecule has 0 aliphatic heterocycles. The predicted octanol–water partition coefficient (Wildman–Crippen LogP) is 5.54. The molecule has 0 N–H and O–H groups in total. The van der Waals surface area contributed by atoms with Crippen molar-refractivity contribution in [2.45, 2.75) is 0 Å². The van der Waals surface area contributed by atoms with Crippen LogP contribution in [-0.2, 0) is 0 Å². The van der Waals surface area contributed by atoms with Gasteiger partial charge in [-0.1, -0.05) is 17.7 Å². The van der Waals surface area contributed by atoms with E-state index in [-0.39, 0.29) is 0 Å². The third kappa shape index (κ3) is 3.09. The number of methoxy groups -OCH3 is 1. The minimum atomic E-state index is 0.299. The Balaban J connectivity index is 2.44. The monoisotopic (exact) mass is 415 g/mol. The Morgan fingerprint density at radius 1 is 1.10 bits per heavy atom. The van der Waals surface area contributed by atoms with Crippen LogP contribution in [0.5, 0.6) is 17.2 Å². The first-order valence-corrected chi connectivity index (χ1v) is 7.42. The van der Waals surface area contributed by atoms with Crippen molar-refractivity contribution in [3.63, 3.8) is 0 Å². The number of nitriles is 1. The maximum atomic E-state index is 9.13. The lowest BCUT2D eigenvalue weighted by Gasteiger charge is -2.12. The summed E-state index contributed by atoms with van der Waals surface area (Å²) in [6.07, 6.45) is 0. The Kier molecular flexibility index (Phi) is 4.92. The zero-order chi connectivity index (χ0) is 14.7. The molecule has 0 spiro atoms. The summed E-state index contributed by atoms with van der Waals surface area (Å²) >= 11 is 12.8. The fourth-order valence-electron chi connectivity index (χ4n) is 1.56. The molecular formula is C14H8Br2ClNO2. The van der Waals surface area contributed by atoms with Crippen molar-refractivity contribution in [2.24, 2.45) is 0 Å². The summed E-state index contributed by atoms with van der Waals surface area (Å²) in [6.45, 7) is 0. The number of hydrogen-bond acceptors (Lipinski definition) is 3. The lowest BCUT2D eigenvalue weighted by molar-refractivity contribution is 0.409. The highest BCUT2D eigenvalue weighted by Crippen LogP contribution is 2.39. The summed E-state index contributed by atoms with van der Waals surface area (Å²) in [5, 5.41) is 9.48. The van der Waals surface area contributed by atoms with E-state index in [2.05, 4.69) is 31.9 Å². The quantitative estimate of drug-likeness (QED) is 0.659. The minimum Gasteiger partial charge on any atom is -0.496 e. The molecule has 0 amide bonds. The first-order valence-electron chi connectivity index (χ1n) is 5.46. The van der Waals surface area contributed by atoms with Crippen LogP contribution >= 0.6 is 43.5 Å². The van der Waals surface area contributed by atoms with E-state index in [9.17, 15) is 0 Å². The van der Waals surface area contributed by atoms with E-state index in [0.717, 1.165) is 4.47 Å². The molecule has 0 heterocycles. The topological polar surface area (TPSA) is 42.2 Å². The van der Waals surface area contributed by atoms with E-state index in [1.54, 1.807) is 37.4 Å². The van der Waals surface area contributed by atoms with Crippen LogP contribution in [0.1, 0.15) is 5.56 Å². The van der Waals surface area contributed by atoms with Crippen molar-refractivity contribution in [3.05, 3.63) is 49.9 Å². The number of benzene rings is 2. The lowest BCUT2D eigenvalue weighted by Crippen LogP contribution is -1.92. The second-order valence-electron chi connectivity index (χ2n) is 3.74. The van der Waals surface area contributed by atoms with Crippen LogP contribution in [0.2, 0.25) is 5.02 Å². The normalized spacial score (nSPS) is 9.95. The molecule has 0 bridgehead atoms. The number of nitrogens with zero attached hydrogens (tertiary/aromatic N) is 1. The average Bonchev–Trinajstić information content (AvgIpc) is 2.42. The molecule has 0 unspecified atom stereocenters. The Bertz CT molecular complexity index is 698. The summed E-state index contributed by atoms with van der Waals surface area (Å²) in [6, 6.07) is 10.6. The van der Waals surface area contributed by atoms with Crippen molar-refractivity contribution < 1.29 is 9.47 Å².